The van der Waals surface area contributed by atoms with E-state index < -0.39 is 6.04 Å². The predicted octanol–water partition coefficient (Wildman–Crippen LogP) is 5.18. The van der Waals surface area contributed by atoms with Gasteiger partial charge in [0.1, 0.15) is 17.5 Å². The van der Waals surface area contributed by atoms with Crippen molar-refractivity contribution >= 4 is 27.7 Å². The molecule has 6 nitrogen and oxygen atoms in total. The van der Waals surface area contributed by atoms with Crippen LogP contribution in [0.3, 0.4) is 0 Å². The van der Waals surface area contributed by atoms with Gasteiger partial charge in [0.15, 0.2) is 6.61 Å². The van der Waals surface area contributed by atoms with Crippen molar-refractivity contribution in [2.45, 2.75) is 59.5 Å². The highest BCUT2D eigenvalue weighted by Crippen LogP contribution is 2.26. The molecule has 0 aromatic heterocycles. The maximum Gasteiger partial charge on any atom is 0.261 e. The number of benzene rings is 2. The van der Waals surface area contributed by atoms with Gasteiger partial charge in [-0.25, -0.2) is 0 Å². The molecule has 2 aromatic rings. The molecule has 0 unspecified atom stereocenters. The number of carbonyl (C=O) groups is 2. The van der Waals surface area contributed by atoms with E-state index in [1.165, 1.54) is 0 Å². The third kappa shape index (κ3) is 7.77. The van der Waals surface area contributed by atoms with E-state index in [-0.39, 0.29) is 18.4 Å². The van der Waals surface area contributed by atoms with Crippen LogP contribution < -0.4 is 14.8 Å². The number of nitrogens with one attached hydrogen (secondary N) is 1. The van der Waals surface area contributed by atoms with Crippen molar-refractivity contribution in [2.24, 2.45) is 0 Å². The Morgan fingerprint density at radius 1 is 1.06 bits per heavy atom. The normalized spacial score (nSPS) is 11.6. The van der Waals surface area contributed by atoms with Crippen LogP contribution in [0.2, 0.25) is 0 Å². The summed E-state index contributed by atoms with van der Waals surface area (Å²) in [5.74, 6) is 1.00. The fourth-order valence-corrected chi connectivity index (χ4v) is 3.80. The molecule has 0 aliphatic rings. The van der Waals surface area contributed by atoms with E-state index in [2.05, 4.69) is 28.2 Å². The predicted molar refractivity (Wildman–Crippen MR) is 135 cm³/mol. The maximum atomic E-state index is 13.3. The van der Waals surface area contributed by atoms with Crippen LogP contribution in [0.5, 0.6) is 11.5 Å². The number of aryl methyl sites for hydroxylation is 2. The molecule has 0 saturated carbocycles. The zero-order valence-corrected chi connectivity index (χ0v) is 21.8. The third-order valence-corrected chi connectivity index (χ3v) is 6.75. The lowest BCUT2D eigenvalue weighted by atomic mass is 10.1. The Balaban J connectivity index is 2.21. The first kappa shape index (κ1) is 26.7. The second kappa shape index (κ2) is 13.2. The fraction of sp³-hybridized carbons (Fsp3) is 0.462. The summed E-state index contributed by atoms with van der Waals surface area (Å²) in [5, 5.41) is 2.97. The largest absolute Gasteiger partial charge is 0.497 e. The summed E-state index contributed by atoms with van der Waals surface area (Å²) in [7, 11) is 1.61. The van der Waals surface area contributed by atoms with E-state index in [0.29, 0.717) is 25.3 Å². The van der Waals surface area contributed by atoms with Crippen LogP contribution in [-0.2, 0) is 16.1 Å². The van der Waals surface area contributed by atoms with Crippen molar-refractivity contribution in [3.8, 4) is 11.5 Å². The average molecular weight is 519 g/mol. The molecular formula is C26H35BrN2O4. The highest BCUT2D eigenvalue weighted by atomic mass is 79.9. The third-order valence-electron chi connectivity index (χ3n) is 5.50. The number of hydrogen-bond donors (Lipinski definition) is 1. The Hall–Kier alpha value is -2.54. The van der Waals surface area contributed by atoms with Crippen molar-refractivity contribution in [3.05, 3.63) is 57.6 Å². The minimum Gasteiger partial charge on any atom is -0.497 e. The summed E-state index contributed by atoms with van der Waals surface area (Å²) >= 11 is 3.55. The molecule has 0 fully saturated rings. The van der Waals surface area contributed by atoms with Crippen LogP contribution in [0.25, 0.3) is 0 Å². The Bertz CT molecular complexity index is 907. The summed E-state index contributed by atoms with van der Waals surface area (Å²) in [6.45, 7) is 8.72. The van der Waals surface area contributed by atoms with E-state index in [1.807, 2.05) is 57.2 Å². The van der Waals surface area contributed by atoms with E-state index >= 15 is 0 Å². The van der Waals surface area contributed by atoms with Crippen LogP contribution in [0, 0.1) is 13.8 Å². The lowest BCUT2D eigenvalue weighted by molar-refractivity contribution is -0.143. The molecule has 2 rings (SSSR count). The molecule has 7 heteroatoms. The first-order valence-electron chi connectivity index (χ1n) is 11.4. The number of nitrogens with zero attached hydrogens (tertiary/aromatic N) is 1. The smallest absolute Gasteiger partial charge is 0.261 e. The molecule has 2 aromatic carbocycles. The van der Waals surface area contributed by atoms with Crippen molar-refractivity contribution in [3.63, 3.8) is 0 Å². The molecule has 0 radical (unpaired) electrons. The highest BCUT2D eigenvalue weighted by molar-refractivity contribution is 9.10. The lowest BCUT2D eigenvalue weighted by Gasteiger charge is -2.30. The first-order valence-corrected chi connectivity index (χ1v) is 12.2. The molecule has 0 bridgehead atoms. The Kier molecular flexibility index (Phi) is 10.7. The zero-order chi connectivity index (χ0) is 24.4. The quantitative estimate of drug-likeness (QED) is 0.393. The van der Waals surface area contributed by atoms with Gasteiger partial charge in [-0.2, -0.15) is 0 Å². The summed E-state index contributed by atoms with van der Waals surface area (Å²) in [6.07, 6.45) is 2.40. The molecule has 1 N–H and O–H groups in total. The summed E-state index contributed by atoms with van der Waals surface area (Å²) in [5.41, 5.74) is 2.99. The number of methoxy groups -OCH3 is 1. The van der Waals surface area contributed by atoms with E-state index in [0.717, 1.165) is 39.8 Å². The van der Waals surface area contributed by atoms with Crippen molar-refractivity contribution in [1.82, 2.24) is 10.2 Å². The van der Waals surface area contributed by atoms with E-state index in [9.17, 15) is 9.59 Å². The number of rotatable bonds is 12. The fourth-order valence-electron chi connectivity index (χ4n) is 3.57. The standard InChI is InChI=1S/C26H35BrN2O4/c1-6-8-13-28-26(31)23(7-2)29(16-20-9-11-21(32-5)12-10-20)24(30)17-33-22-14-18(3)25(27)19(4)15-22/h9-12,14-15,23H,6-8,13,16-17H2,1-5H3,(H,28,31)/t23-/m1/s1. The zero-order valence-electron chi connectivity index (χ0n) is 20.2. The minimum absolute atomic E-state index is 0.136. The van der Waals surface area contributed by atoms with Gasteiger partial charge < -0.3 is 19.7 Å². The maximum absolute atomic E-state index is 13.3. The van der Waals surface area contributed by atoms with Gasteiger partial charge in [0, 0.05) is 17.6 Å². The second-order valence-corrected chi connectivity index (χ2v) is 8.89. The van der Waals surface area contributed by atoms with Gasteiger partial charge in [-0.1, -0.05) is 48.3 Å². The molecule has 180 valence electrons. The van der Waals surface area contributed by atoms with Gasteiger partial charge >= 0.3 is 0 Å². The van der Waals surface area contributed by atoms with Crippen LogP contribution >= 0.6 is 15.9 Å². The molecule has 0 spiro atoms. The molecular weight excluding hydrogens is 484 g/mol. The number of carbonyl (C=O) groups excluding carboxylic acids is 2. The lowest BCUT2D eigenvalue weighted by Crippen LogP contribution is -2.50. The van der Waals surface area contributed by atoms with E-state index in [1.54, 1.807) is 12.0 Å². The topological polar surface area (TPSA) is 67.9 Å². The number of amides is 2. The van der Waals surface area contributed by atoms with Gasteiger partial charge in [-0.15, -0.1) is 0 Å². The summed E-state index contributed by atoms with van der Waals surface area (Å²) in [4.78, 5) is 27.8. The van der Waals surface area contributed by atoms with Crippen LogP contribution in [0.4, 0.5) is 0 Å². The Morgan fingerprint density at radius 2 is 1.70 bits per heavy atom. The summed E-state index contributed by atoms with van der Waals surface area (Å²) in [6, 6.07) is 10.7. The minimum atomic E-state index is -0.576. The van der Waals surface area contributed by atoms with Gasteiger partial charge in [0.2, 0.25) is 5.91 Å². The van der Waals surface area contributed by atoms with Crippen molar-refractivity contribution < 1.29 is 19.1 Å². The Labute approximate surface area is 205 Å². The first-order chi connectivity index (χ1) is 15.8. The number of ether oxygens (including phenoxy) is 2. The molecule has 0 aliphatic carbocycles. The molecule has 0 heterocycles. The van der Waals surface area contributed by atoms with Crippen molar-refractivity contribution in [2.75, 3.05) is 20.3 Å². The van der Waals surface area contributed by atoms with Crippen molar-refractivity contribution in [1.29, 1.82) is 0 Å². The van der Waals surface area contributed by atoms with Crippen LogP contribution in [0.1, 0.15) is 49.8 Å². The highest BCUT2D eigenvalue weighted by Gasteiger charge is 2.28. The number of halogens is 1. The molecule has 1 atom stereocenters. The second-order valence-electron chi connectivity index (χ2n) is 8.10. The van der Waals surface area contributed by atoms with Crippen LogP contribution in [-0.4, -0.2) is 43.0 Å². The van der Waals surface area contributed by atoms with Gasteiger partial charge in [-0.3, -0.25) is 9.59 Å². The molecule has 33 heavy (non-hydrogen) atoms. The molecule has 2 amide bonds. The van der Waals surface area contributed by atoms with Crippen LogP contribution in [0.15, 0.2) is 40.9 Å². The van der Waals surface area contributed by atoms with Gasteiger partial charge in [0.25, 0.3) is 5.91 Å². The number of hydrogen-bond acceptors (Lipinski definition) is 4. The SMILES string of the molecule is CCCCNC(=O)[C@@H](CC)N(Cc1ccc(OC)cc1)C(=O)COc1cc(C)c(Br)c(C)c1. The number of unbranched alkanes of at least 4 members (excludes halogenated alkanes) is 1. The summed E-state index contributed by atoms with van der Waals surface area (Å²) < 4.78 is 12.1. The Morgan fingerprint density at radius 3 is 2.24 bits per heavy atom. The average Bonchev–Trinajstić information content (AvgIpc) is 2.81. The molecule has 0 saturated heterocycles. The monoisotopic (exact) mass is 518 g/mol. The van der Waals surface area contributed by atoms with Gasteiger partial charge in [0.05, 0.1) is 7.11 Å². The van der Waals surface area contributed by atoms with E-state index in [4.69, 9.17) is 9.47 Å². The molecule has 0 aliphatic heterocycles. The van der Waals surface area contributed by atoms with Gasteiger partial charge in [-0.05, 0) is 67.6 Å².